The van der Waals surface area contributed by atoms with Crippen molar-refractivity contribution in [1.29, 1.82) is 0 Å². The number of nitrogens with one attached hydrogen (secondary N) is 2. The number of likely N-dealkylation sites (tertiary alicyclic amines) is 1. The van der Waals surface area contributed by atoms with Crippen LogP contribution in [0.1, 0.15) is 47.3 Å². The molecule has 1 unspecified atom stereocenters. The summed E-state index contributed by atoms with van der Waals surface area (Å²) in [4.78, 5) is 25.7. The van der Waals surface area contributed by atoms with Crippen LogP contribution in [0.15, 0.2) is 24.4 Å². The summed E-state index contributed by atoms with van der Waals surface area (Å²) in [6.07, 6.45) is -1.03. The summed E-state index contributed by atoms with van der Waals surface area (Å²) in [6, 6.07) is 6.25. The monoisotopic (exact) mass is 432 g/mol. The number of aromatic amines is 1. The lowest BCUT2D eigenvalue weighted by Crippen LogP contribution is -2.26. The minimum atomic E-state index is -5.08. The summed E-state index contributed by atoms with van der Waals surface area (Å²) in [7, 11) is 0. The summed E-state index contributed by atoms with van der Waals surface area (Å²) in [6.45, 7) is 6.80. The fourth-order valence-corrected chi connectivity index (χ4v) is 4.07. The fourth-order valence-electron chi connectivity index (χ4n) is 3.00. The quantitative estimate of drug-likeness (QED) is 0.659. The van der Waals surface area contributed by atoms with Gasteiger partial charge in [0.15, 0.2) is 0 Å². The van der Waals surface area contributed by atoms with Crippen LogP contribution in [0.25, 0.3) is 0 Å². The first kappa shape index (κ1) is 22.9. The zero-order chi connectivity index (χ0) is 21.6. The molecule has 1 aliphatic heterocycles. The number of carboxylic acids is 1. The number of halogens is 3. The summed E-state index contributed by atoms with van der Waals surface area (Å²) < 4.78 is 31.7. The predicted molar refractivity (Wildman–Crippen MR) is 103 cm³/mol. The van der Waals surface area contributed by atoms with E-state index in [9.17, 15) is 18.0 Å². The maximum Gasteiger partial charge on any atom is 0.490 e. The molecule has 1 amide bonds. The molecule has 1 atom stereocenters. The molecular weight excluding hydrogens is 409 g/mol. The normalized spacial score (nSPS) is 17.1. The molecule has 0 bridgehead atoms. The Hall–Kier alpha value is -2.40. The van der Waals surface area contributed by atoms with Gasteiger partial charge in [-0.15, -0.1) is 11.3 Å². The standard InChI is InChI=1S/C16H22N4OS.C2HF3O2/c1-11(2)10-20-9-3-4-12(20)13-5-6-14(22-13)16(21)18-15-7-8-17-19-15;3-2(4,5)1(6)7/h5-8,11-12H,3-4,9-10H2,1-2H3,(H2,17,18,19,21);(H,6,7). The molecule has 1 fully saturated rings. The number of alkyl halides is 3. The second-order valence-corrected chi connectivity index (χ2v) is 8.09. The molecule has 3 N–H and O–H groups in total. The van der Waals surface area contributed by atoms with Crippen molar-refractivity contribution in [1.82, 2.24) is 15.1 Å². The van der Waals surface area contributed by atoms with Crippen molar-refractivity contribution < 1.29 is 27.9 Å². The van der Waals surface area contributed by atoms with Crippen molar-refractivity contribution in [3.05, 3.63) is 34.2 Å². The molecule has 2 aromatic heterocycles. The largest absolute Gasteiger partial charge is 0.490 e. The number of hydrogen-bond acceptors (Lipinski definition) is 5. The van der Waals surface area contributed by atoms with Gasteiger partial charge in [-0.3, -0.25) is 14.8 Å². The Labute approximate surface area is 169 Å². The number of aromatic nitrogens is 2. The van der Waals surface area contributed by atoms with Crippen LogP contribution < -0.4 is 5.32 Å². The highest BCUT2D eigenvalue weighted by Gasteiger charge is 2.38. The van der Waals surface area contributed by atoms with Gasteiger partial charge in [0.2, 0.25) is 0 Å². The first-order valence-corrected chi connectivity index (χ1v) is 9.84. The summed E-state index contributed by atoms with van der Waals surface area (Å²) in [5.74, 6) is -1.53. The third-order valence-electron chi connectivity index (χ3n) is 4.13. The van der Waals surface area contributed by atoms with Crippen LogP contribution in [0.2, 0.25) is 0 Å². The number of anilines is 1. The van der Waals surface area contributed by atoms with E-state index >= 15 is 0 Å². The molecule has 1 saturated heterocycles. The van der Waals surface area contributed by atoms with Crippen molar-refractivity contribution in [2.24, 2.45) is 5.92 Å². The molecule has 29 heavy (non-hydrogen) atoms. The average Bonchev–Trinajstić information content (AvgIpc) is 3.34. The number of hydrogen-bond donors (Lipinski definition) is 3. The van der Waals surface area contributed by atoms with E-state index < -0.39 is 12.1 Å². The number of rotatable bonds is 5. The van der Waals surface area contributed by atoms with Gasteiger partial charge in [-0.05, 0) is 37.4 Å². The third kappa shape index (κ3) is 6.86. The van der Waals surface area contributed by atoms with E-state index in [1.165, 1.54) is 17.7 Å². The molecule has 0 aliphatic carbocycles. The Bertz CT molecular complexity index is 806. The minimum absolute atomic E-state index is 0.0751. The Kier molecular flexibility index (Phi) is 7.80. The van der Waals surface area contributed by atoms with E-state index in [2.05, 4.69) is 40.3 Å². The van der Waals surface area contributed by atoms with E-state index in [-0.39, 0.29) is 5.91 Å². The lowest BCUT2D eigenvalue weighted by Gasteiger charge is -2.25. The fraction of sp³-hybridized carbons (Fsp3) is 0.500. The second kappa shape index (κ2) is 9.88. The van der Waals surface area contributed by atoms with Crippen LogP contribution >= 0.6 is 11.3 Å². The van der Waals surface area contributed by atoms with E-state index in [1.807, 2.05) is 6.07 Å². The zero-order valence-corrected chi connectivity index (χ0v) is 16.8. The molecule has 1 aliphatic rings. The number of carbonyl (C=O) groups excluding carboxylic acids is 1. The van der Waals surface area contributed by atoms with Crippen LogP contribution in [-0.2, 0) is 4.79 Å². The molecule has 0 aromatic carbocycles. The van der Waals surface area contributed by atoms with E-state index in [0.717, 1.165) is 18.0 Å². The summed E-state index contributed by atoms with van der Waals surface area (Å²) in [5, 5.41) is 16.5. The highest BCUT2D eigenvalue weighted by atomic mass is 32.1. The molecule has 0 saturated carbocycles. The number of thiophene rings is 1. The lowest BCUT2D eigenvalue weighted by atomic mass is 10.1. The van der Waals surface area contributed by atoms with Crippen molar-refractivity contribution in [3.63, 3.8) is 0 Å². The molecule has 3 heterocycles. The number of carboxylic acid groups (broad SMARTS) is 1. The lowest BCUT2D eigenvalue weighted by molar-refractivity contribution is -0.192. The second-order valence-electron chi connectivity index (χ2n) is 6.98. The van der Waals surface area contributed by atoms with Crippen molar-refractivity contribution in [2.45, 2.75) is 38.9 Å². The van der Waals surface area contributed by atoms with Crippen molar-refractivity contribution in [2.75, 3.05) is 18.4 Å². The van der Waals surface area contributed by atoms with Crippen molar-refractivity contribution in [3.8, 4) is 0 Å². The molecule has 3 rings (SSSR count). The van der Waals surface area contributed by atoms with E-state index in [1.54, 1.807) is 23.6 Å². The van der Waals surface area contributed by atoms with Gasteiger partial charge in [0.1, 0.15) is 5.82 Å². The molecule has 2 aromatic rings. The summed E-state index contributed by atoms with van der Waals surface area (Å²) in [5.41, 5.74) is 0. The number of H-pyrrole nitrogens is 1. The number of carbonyl (C=O) groups is 2. The Morgan fingerprint density at radius 2 is 2.07 bits per heavy atom. The molecule has 0 spiro atoms. The predicted octanol–water partition coefficient (Wildman–Crippen LogP) is 4.15. The highest BCUT2D eigenvalue weighted by molar-refractivity contribution is 7.14. The Morgan fingerprint density at radius 3 is 2.62 bits per heavy atom. The molecule has 7 nitrogen and oxygen atoms in total. The maximum absolute atomic E-state index is 12.2. The van der Waals surface area contributed by atoms with Gasteiger partial charge < -0.3 is 10.4 Å². The SMILES string of the molecule is CC(C)CN1CCCC1c1ccc(C(=O)Nc2ccn[nH]2)s1.O=C(O)C(F)(F)F. The first-order valence-electron chi connectivity index (χ1n) is 9.02. The van der Waals surface area contributed by atoms with Gasteiger partial charge in [-0.2, -0.15) is 18.3 Å². The zero-order valence-electron chi connectivity index (χ0n) is 16.0. The number of amides is 1. The van der Waals surface area contributed by atoms with Crippen molar-refractivity contribution >= 4 is 29.0 Å². The molecule has 160 valence electrons. The number of aliphatic carboxylic acids is 1. The van der Waals surface area contributed by atoms with Gasteiger partial charge in [-0.1, -0.05) is 13.8 Å². The van der Waals surface area contributed by atoms with Crippen LogP contribution in [0.4, 0.5) is 19.0 Å². The van der Waals surface area contributed by atoms with Gasteiger partial charge in [-0.25, -0.2) is 4.79 Å². The molecule has 0 radical (unpaired) electrons. The van der Waals surface area contributed by atoms with E-state index in [0.29, 0.717) is 17.8 Å². The third-order valence-corrected chi connectivity index (χ3v) is 5.32. The van der Waals surface area contributed by atoms with Gasteiger partial charge in [0.25, 0.3) is 5.91 Å². The first-order chi connectivity index (χ1) is 13.6. The van der Waals surface area contributed by atoms with E-state index in [4.69, 9.17) is 9.90 Å². The van der Waals surface area contributed by atoms with Crippen LogP contribution in [0.5, 0.6) is 0 Å². The van der Waals surface area contributed by atoms with Gasteiger partial charge in [0.05, 0.1) is 11.1 Å². The summed E-state index contributed by atoms with van der Waals surface area (Å²) >= 11 is 1.60. The molecular formula is C18H23F3N4O3S. The number of nitrogens with zero attached hydrogens (tertiary/aromatic N) is 2. The smallest absolute Gasteiger partial charge is 0.475 e. The Morgan fingerprint density at radius 1 is 1.38 bits per heavy atom. The highest BCUT2D eigenvalue weighted by Crippen LogP contribution is 2.36. The minimum Gasteiger partial charge on any atom is -0.475 e. The van der Waals surface area contributed by atoms with Gasteiger partial charge >= 0.3 is 12.1 Å². The topological polar surface area (TPSA) is 98.3 Å². The average molecular weight is 432 g/mol. The van der Waals surface area contributed by atoms with Crippen LogP contribution in [0.3, 0.4) is 0 Å². The van der Waals surface area contributed by atoms with Gasteiger partial charge in [0, 0.05) is 23.5 Å². The molecule has 11 heteroatoms. The van der Waals surface area contributed by atoms with Crippen LogP contribution in [-0.4, -0.2) is 51.3 Å². The van der Waals surface area contributed by atoms with Crippen LogP contribution in [0, 0.1) is 5.92 Å². The maximum atomic E-state index is 12.2. The Balaban J connectivity index is 0.000000370.